The number of hydrogen-bond donors (Lipinski definition) is 2. The minimum Gasteiger partial charge on any atom is -0.479 e. The quantitative estimate of drug-likeness (QED) is 0.789. The Morgan fingerprint density at radius 1 is 0.760 bits per heavy atom. The Bertz CT molecular complexity index is 498. The largest absolute Gasteiger partial charge is 0.479 e. The highest BCUT2D eigenvalue weighted by Crippen LogP contribution is 2.39. The molecule has 2 aliphatic rings. The van der Waals surface area contributed by atoms with Crippen molar-refractivity contribution in [2.75, 3.05) is 0 Å². The van der Waals surface area contributed by atoms with E-state index >= 15 is 0 Å². The molecule has 2 atom stereocenters. The van der Waals surface area contributed by atoms with Gasteiger partial charge in [-0.05, 0) is 72.6 Å². The Labute approximate surface area is 150 Å². The summed E-state index contributed by atoms with van der Waals surface area (Å²) in [5.41, 5.74) is -2.40. The molecule has 0 spiro atoms. The molecule has 6 nitrogen and oxygen atoms in total. The van der Waals surface area contributed by atoms with Crippen molar-refractivity contribution in [2.24, 2.45) is 0 Å². The maximum atomic E-state index is 11.1. The zero-order chi connectivity index (χ0) is 19.5. The number of hydrogen-bond acceptors (Lipinski definition) is 4. The van der Waals surface area contributed by atoms with Crippen LogP contribution in [-0.4, -0.2) is 44.6 Å². The average molecular weight is 358 g/mol. The number of carboxylic acids is 2. The van der Waals surface area contributed by atoms with Crippen LogP contribution in [0.4, 0.5) is 0 Å². The van der Waals surface area contributed by atoms with Gasteiger partial charge in [0.15, 0.2) is 11.2 Å². The van der Waals surface area contributed by atoms with Gasteiger partial charge in [0, 0.05) is 0 Å². The van der Waals surface area contributed by atoms with Crippen LogP contribution in [0.5, 0.6) is 0 Å². The van der Waals surface area contributed by atoms with E-state index in [0.717, 1.165) is 19.3 Å². The number of aliphatic carboxylic acids is 2. The second-order valence-corrected chi connectivity index (χ2v) is 8.38. The molecular formula is C19H34O6. The van der Waals surface area contributed by atoms with E-state index in [0.29, 0.717) is 25.7 Å². The molecule has 0 radical (unpaired) electrons. The van der Waals surface area contributed by atoms with Crippen molar-refractivity contribution in [3.63, 3.8) is 0 Å². The summed E-state index contributed by atoms with van der Waals surface area (Å²) in [5, 5.41) is 18.1. The average Bonchev–Trinajstić information content (AvgIpc) is 2.83. The fourth-order valence-electron chi connectivity index (χ4n) is 3.67. The summed E-state index contributed by atoms with van der Waals surface area (Å²) < 4.78 is 11.2. The third kappa shape index (κ3) is 5.17. The van der Waals surface area contributed by atoms with Crippen molar-refractivity contribution in [1.82, 2.24) is 0 Å². The summed E-state index contributed by atoms with van der Waals surface area (Å²) in [6.07, 6.45) is 5.08. The van der Waals surface area contributed by atoms with Crippen molar-refractivity contribution >= 4 is 11.9 Å². The molecule has 0 aromatic heterocycles. The maximum absolute atomic E-state index is 11.1. The van der Waals surface area contributed by atoms with Crippen LogP contribution in [0.1, 0.15) is 86.5 Å². The smallest absolute Gasteiger partial charge is 0.335 e. The minimum absolute atomic E-state index is 0.269. The highest BCUT2D eigenvalue weighted by molar-refractivity contribution is 5.78. The molecule has 0 aliphatic carbocycles. The van der Waals surface area contributed by atoms with E-state index in [1.807, 2.05) is 41.5 Å². The van der Waals surface area contributed by atoms with E-state index < -0.39 is 23.1 Å². The lowest BCUT2D eigenvalue weighted by Gasteiger charge is -2.42. The molecule has 25 heavy (non-hydrogen) atoms. The number of rotatable bonds is 4. The molecule has 0 bridgehead atoms. The van der Waals surface area contributed by atoms with Gasteiger partial charge in [0.1, 0.15) is 0 Å². The molecule has 0 aromatic rings. The molecule has 2 saturated heterocycles. The predicted molar refractivity (Wildman–Crippen MR) is 94.7 cm³/mol. The molecular weight excluding hydrogens is 324 g/mol. The van der Waals surface area contributed by atoms with Crippen molar-refractivity contribution in [2.45, 2.75) is 109 Å². The van der Waals surface area contributed by atoms with E-state index in [-0.39, 0.29) is 11.2 Å². The lowest BCUT2D eigenvalue weighted by molar-refractivity contribution is -0.203. The van der Waals surface area contributed by atoms with Gasteiger partial charge in [-0.2, -0.15) is 0 Å². The van der Waals surface area contributed by atoms with E-state index in [2.05, 4.69) is 0 Å². The molecule has 2 rings (SSSR count). The van der Waals surface area contributed by atoms with Crippen molar-refractivity contribution in [3.05, 3.63) is 0 Å². The fraction of sp³-hybridized carbons (Fsp3) is 0.895. The third-order valence-electron chi connectivity index (χ3n) is 5.36. The van der Waals surface area contributed by atoms with Gasteiger partial charge in [-0.25, -0.2) is 9.59 Å². The van der Waals surface area contributed by atoms with E-state index in [4.69, 9.17) is 19.7 Å². The zero-order valence-electron chi connectivity index (χ0n) is 16.5. The summed E-state index contributed by atoms with van der Waals surface area (Å²) in [5.74, 6) is -1.64. The van der Waals surface area contributed by atoms with Gasteiger partial charge >= 0.3 is 11.9 Å². The van der Waals surface area contributed by atoms with Crippen LogP contribution >= 0.6 is 0 Å². The molecule has 2 heterocycles. The standard InChI is InChI=1S/C10H18O3.C9H16O3/c1-4-10(8(11)12)7-5-6-9(2,3)13-10;1-4-9(7(10)11)6-5-8(2,3)12-9/h4-7H2,1-3H3,(H,11,12);4-6H2,1-3H3,(H,10,11)/t10-;/m0./s1. The first-order valence-corrected chi connectivity index (χ1v) is 9.21. The van der Waals surface area contributed by atoms with Gasteiger partial charge in [0.05, 0.1) is 11.2 Å². The molecule has 0 saturated carbocycles. The van der Waals surface area contributed by atoms with Gasteiger partial charge in [0.2, 0.25) is 0 Å². The Balaban J connectivity index is 0.000000251. The number of carbonyl (C=O) groups is 2. The zero-order valence-corrected chi connectivity index (χ0v) is 16.5. The topological polar surface area (TPSA) is 93.1 Å². The normalized spacial score (nSPS) is 33.2. The molecule has 0 amide bonds. The van der Waals surface area contributed by atoms with Gasteiger partial charge in [0.25, 0.3) is 0 Å². The molecule has 1 unspecified atom stereocenters. The van der Waals surface area contributed by atoms with Crippen molar-refractivity contribution < 1.29 is 29.3 Å². The van der Waals surface area contributed by atoms with E-state index in [1.54, 1.807) is 0 Å². The molecule has 6 heteroatoms. The summed E-state index contributed by atoms with van der Waals surface area (Å²) in [6, 6.07) is 0. The minimum atomic E-state index is -0.929. The van der Waals surface area contributed by atoms with Crippen molar-refractivity contribution in [3.8, 4) is 0 Å². The molecule has 0 aromatic carbocycles. The lowest BCUT2D eigenvalue weighted by Crippen LogP contribution is -2.50. The van der Waals surface area contributed by atoms with Crippen LogP contribution in [0.25, 0.3) is 0 Å². The summed E-state index contributed by atoms with van der Waals surface area (Å²) >= 11 is 0. The van der Waals surface area contributed by atoms with Crippen LogP contribution in [-0.2, 0) is 19.1 Å². The van der Waals surface area contributed by atoms with E-state index in [9.17, 15) is 9.59 Å². The van der Waals surface area contributed by atoms with Crippen LogP contribution in [0.15, 0.2) is 0 Å². The van der Waals surface area contributed by atoms with Crippen LogP contribution in [0.3, 0.4) is 0 Å². The Kier molecular flexibility index (Phi) is 6.68. The van der Waals surface area contributed by atoms with Gasteiger partial charge in [-0.1, -0.05) is 13.8 Å². The third-order valence-corrected chi connectivity index (χ3v) is 5.36. The maximum Gasteiger partial charge on any atom is 0.335 e. The second kappa shape index (κ2) is 7.62. The first-order chi connectivity index (χ1) is 11.3. The van der Waals surface area contributed by atoms with Crippen LogP contribution < -0.4 is 0 Å². The SMILES string of the molecule is CCC1(C(=O)O)CCC(C)(C)O1.CC[C@@]1(C(=O)O)CCCC(C)(C)O1. The second-order valence-electron chi connectivity index (χ2n) is 8.38. The molecule has 2 N–H and O–H groups in total. The molecule has 146 valence electrons. The van der Waals surface area contributed by atoms with Crippen LogP contribution in [0.2, 0.25) is 0 Å². The number of carboxylic acid groups (broad SMARTS) is 2. The summed E-state index contributed by atoms with van der Waals surface area (Å²) in [4.78, 5) is 22.0. The fourth-order valence-corrected chi connectivity index (χ4v) is 3.67. The van der Waals surface area contributed by atoms with Crippen LogP contribution in [0, 0.1) is 0 Å². The van der Waals surface area contributed by atoms with Crippen molar-refractivity contribution in [1.29, 1.82) is 0 Å². The van der Waals surface area contributed by atoms with Gasteiger partial charge in [-0.3, -0.25) is 0 Å². The highest BCUT2D eigenvalue weighted by Gasteiger charge is 2.48. The van der Waals surface area contributed by atoms with Gasteiger partial charge < -0.3 is 19.7 Å². The Morgan fingerprint density at radius 2 is 1.16 bits per heavy atom. The van der Waals surface area contributed by atoms with Gasteiger partial charge in [-0.15, -0.1) is 0 Å². The Morgan fingerprint density at radius 3 is 1.36 bits per heavy atom. The Hall–Kier alpha value is -1.14. The van der Waals surface area contributed by atoms with E-state index in [1.165, 1.54) is 0 Å². The molecule has 2 aliphatic heterocycles. The first-order valence-electron chi connectivity index (χ1n) is 9.21. The predicted octanol–water partition coefficient (Wildman–Crippen LogP) is 4.01. The highest BCUT2D eigenvalue weighted by atomic mass is 16.6. The summed E-state index contributed by atoms with van der Waals surface area (Å²) in [7, 11) is 0. The monoisotopic (exact) mass is 358 g/mol. The first kappa shape index (κ1) is 21.9. The lowest BCUT2D eigenvalue weighted by atomic mass is 9.85. The molecule has 2 fully saturated rings. The number of ether oxygens (including phenoxy) is 2. The summed E-state index contributed by atoms with van der Waals surface area (Å²) in [6.45, 7) is 11.5.